The molecule has 1 aromatic rings. The first-order chi connectivity index (χ1) is 8.52. The van der Waals surface area contributed by atoms with Gasteiger partial charge in [0.05, 0.1) is 6.54 Å². The third-order valence-corrected chi connectivity index (χ3v) is 1.97. The highest BCUT2D eigenvalue weighted by Crippen LogP contribution is 2.11. The molecule has 1 heterocycles. The summed E-state index contributed by atoms with van der Waals surface area (Å²) in [5.41, 5.74) is 0. The van der Waals surface area contributed by atoms with Crippen molar-refractivity contribution >= 4 is 17.8 Å². The molecule has 0 saturated heterocycles. The third-order valence-electron chi connectivity index (χ3n) is 1.97. The molecular weight excluding hydrogens is 242 g/mol. The Kier molecular flexibility index (Phi) is 5.47. The first-order valence-electron chi connectivity index (χ1n) is 5.72. The summed E-state index contributed by atoms with van der Waals surface area (Å²) in [6.07, 6.45) is -1.53. The Bertz CT molecular complexity index is 371. The summed E-state index contributed by atoms with van der Waals surface area (Å²) in [7, 11) is 3.55. The smallest absolute Gasteiger partial charge is 0.255 e. The van der Waals surface area contributed by atoms with Crippen molar-refractivity contribution in [2.24, 2.45) is 0 Å². The molecule has 6 nitrogen and oxygen atoms in total. The molecule has 0 aliphatic heterocycles. The van der Waals surface area contributed by atoms with Gasteiger partial charge in [-0.1, -0.05) is 6.92 Å². The molecule has 0 atom stereocenters. The minimum Gasteiger partial charge on any atom is -0.354 e. The fraction of sp³-hybridized carbons (Fsp3) is 0.700. The molecule has 0 radical (unpaired) electrons. The molecule has 0 spiro atoms. The van der Waals surface area contributed by atoms with E-state index in [-0.39, 0.29) is 5.95 Å². The van der Waals surface area contributed by atoms with Crippen molar-refractivity contribution in [2.75, 3.05) is 42.7 Å². The Labute approximate surface area is 105 Å². The number of aromatic nitrogens is 3. The predicted molar refractivity (Wildman–Crippen MR) is 67.4 cm³/mol. The number of nitrogens with one attached hydrogen (secondary N) is 2. The van der Waals surface area contributed by atoms with E-state index in [1.165, 1.54) is 0 Å². The summed E-state index contributed by atoms with van der Waals surface area (Å²) in [6, 6.07) is 0. The van der Waals surface area contributed by atoms with Crippen LogP contribution in [0.5, 0.6) is 0 Å². The van der Waals surface area contributed by atoms with E-state index < -0.39 is 13.0 Å². The number of alkyl halides is 2. The second-order valence-electron chi connectivity index (χ2n) is 3.88. The van der Waals surface area contributed by atoms with E-state index in [1.54, 1.807) is 19.0 Å². The van der Waals surface area contributed by atoms with Gasteiger partial charge in [0.15, 0.2) is 0 Å². The zero-order chi connectivity index (χ0) is 13.5. The van der Waals surface area contributed by atoms with Crippen LogP contribution in [0.2, 0.25) is 0 Å². The number of hydrogen-bond donors (Lipinski definition) is 2. The van der Waals surface area contributed by atoms with Crippen molar-refractivity contribution in [1.82, 2.24) is 15.0 Å². The Morgan fingerprint density at radius 1 is 1.11 bits per heavy atom. The van der Waals surface area contributed by atoms with Crippen LogP contribution in [0.4, 0.5) is 26.6 Å². The van der Waals surface area contributed by atoms with E-state index in [1.807, 2.05) is 6.92 Å². The molecule has 0 saturated carbocycles. The van der Waals surface area contributed by atoms with Crippen molar-refractivity contribution in [3.63, 3.8) is 0 Å². The summed E-state index contributed by atoms with van der Waals surface area (Å²) < 4.78 is 24.2. The standard InChI is InChI=1S/C10H18F2N6/c1-4-5-13-8-15-9(14-6-7(11)12)17-10(16-8)18(2)3/h7H,4-6H2,1-3H3,(H2,13,14,15,16,17). The van der Waals surface area contributed by atoms with E-state index in [0.717, 1.165) is 6.42 Å². The Balaban J connectivity index is 2.83. The molecular formula is C10H18F2N6. The zero-order valence-corrected chi connectivity index (χ0v) is 10.7. The maximum atomic E-state index is 12.1. The second-order valence-corrected chi connectivity index (χ2v) is 3.88. The molecule has 1 aromatic heterocycles. The molecule has 1 rings (SSSR count). The predicted octanol–water partition coefficient (Wildman–Crippen LogP) is 1.44. The van der Waals surface area contributed by atoms with E-state index >= 15 is 0 Å². The normalized spacial score (nSPS) is 10.6. The van der Waals surface area contributed by atoms with Gasteiger partial charge in [-0.05, 0) is 6.42 Å². The highest BCUT2D eigenvalue weighted by atomic mass is 19.3. The topological polar surface area (TPSA) is 66.0 Å². The van der Waals surface area contributed by atoms with Crippen LogP contribution in [0.1, 0.15) is 13.3 Å². The Morgan fingerprint density at radius 3 is 2.22 bits per heavy atom. The van der Waals surface area contributed by atoms with E-state index in [0.29, 0.717) is 18.4 Å². The van der Waals surface area contributed by atoms with Gasteiger partial charge in [0.1, 0.15) is 0 Å². The minimum absolute atomic E-state index is 0.146. The molecule has 0 fully saturated rings. The van der Waals surface area contributed by atoms with Crippen molar-refractivity contribution in [1.29, 1.82) is 0 Å². The molecule has 0 bridgehead atoms. The highest BCUT2D eigenvalue weighted by molar-refractivity contribution is 5.42. The van der Waals surface area contributed by atoms with Gasteiger partial charge < -0.3 is 15.5 Å². The lowest BCUT2D eigenvalue weighted by molar-refractivity contribution is 0.163. The first-order valence-corrected chi connectivity index (χ1v) is 5.72. The van der Waals surface area contributed by atoms with Gasteiger partial charge in [-0.15, -0.1) is 0 Å². The fourth-order valence-electron chi connectivity index (χ4n) is 1.13. The summed E-state index contributed by atoms with van der Waals surface area (Å²) in [4.78, 5) is 13.9. The summed E-state index contributed by atoms with van der Waals surface area (Å²) >= 11 is 0. The van der Waals surface area contributed by atoms with Crippen molar-refractivity contribution in [3.8, 4) is 0 Å². The quantitative estimate of drug-likeness (QED) is 0.773. The van der Waals surface area contributed by atoms with E-state index in [9.17, 15) is 8.78 Å². The number of hydrogen-bond acceptors (Lipinski definition) is 6. The van der Waals surface area contributed by atoms with Gasteiger partial charge in [0.25, 0.3) is 6.43 Å². The SMILES string of the molecule is CCCNc1nc(NCC(F)F)nc(N(C)C)n1. The second kappa shape index (κ2) is 6.87. The lowest BCUT2D eigenvalue weighted by atomic mass is 10.5. The van der Waals surface area contributed by atoms with E-state index in [4.69, 9.17) is 0 Å². The van der Waals surface area contributed by atoms with Crippen LogP contribution in [0.3, 0.4) is 0 Å². The zero-order valence-electron chi connectivity index (χ0n) is 10.7. The lowest BCUT2D eigenvalue weighted by Crippen LogP contribution is -2.19. The molecule has 0 aliphatic rings. The monoisotopic (exact) mass is 260 g/mol. The van der Waals surface area contributed by atoms with Crippen LogP contribution in [0, 0.1) is 0 Å². The van der Waals surface area contributed by atoms with Gasteiger partial charge in [0.2, 0.25) is 17.8 Å². The maximum absolute atomic E-state index is 12.1. The number of halogens is 2. The third kappa shape index (κ3) is 4.64. The number of anilines is 3. The number of rotatable bonds is 7. The summed E-state index contributed by atoms with van der Waals surface area (Å²) in [5, 5.41) is 5.48. The molecule has 0 unspecified atom stereocenters. The average Bonchev–Trinajstić information content (AvgIpc) is 2.33. The molecule has 0 aromatic carbocycles. The molecule has 18 heavy (non-hydrogen) atoms. The van der Waals surface area contributed by atoms with Crippen LogP contribution in [0.25, 0.3) is 0 Å². The van der Waals surface area contributed by atoms with Crippen molar-refractivity contribution < 1.29 is 8.78 Å². The van der Waals surface area contributed by atoms with Crippen molar-refractivity contribution in [3.05, 3.63) is 0 Å². The number of nitrogens with zero attached hydrogens (tertiary/aromatic N) is 4. The first kappa shape index (κ1) is 14.3. The van der Waals surface area contributed by atoms with Crippen LogP contribution in [-0.4, -0.2) is 48.6 Å². The van der Waals surface area contributed by atoms with Crippen LogP contribution in [-0.2, 0) is 0 Å². The van der Waals surface area contributed by atoms with Crippen LogP contribution in [0.15, 0.2) is 0 Å². The Morgan fingerprint density at radius 2 is 1.72 bits per heavy atom. The van der Waals surface area contributed by atoms with Crippen LogP contribution < -0.4 is 15.5 Å². The molecule has 102 valence electrons. The summed E-state index contributed by atoms with van der Waals surface area (Å²) in [5.74, 6) is 0.945. The molecule has 2 N–H and O–H groups in total. The van der Waals surface area contributed by atoms with Crippen LogP contribution >= 0.6 is 0 Å². The van der Waals surface area contributed by atoms with Gasteiger partial charge in [0, 0.05) is 20.6 Å². The molecule has 0 aliphatic carbocycles. The van der Waals surface area contributed by atoms with Gasteiger partial charge in [-0.2, -0.15) is 15.0 Å². The molecule has 0 amide bonds. The molecule has 8 heteroatoms. The van der Waals surface area contributed by atoms with Crippen molar-refractivity contribution in [2.45, 2.75) is 19.8 Å². The Hall–Kier alpha value is -1.73. The largest absolute Gasteiger partial charge is 0.354 e. The van der Waals surface area contributed by atoms with Gasteiger partial charge >= 0.3 is 0 Å². The highest BCUT2D eigenvalue weighted by Gasteiger charge is 2.09. The average molecular weight is 260 g/mol. The fourth-order valence-corrected chi connectivity index (χ4v) is 1.13. The summed E-state index contributed by atoms with van der Waals surface area (Å²) in [6.45, 7) is 2.24. The van der Waals surface area contributed by atoms with E-state index in [2.05, 4.69) is 25.6 Å². The lowest BCUT2D eigenvalue weighted by Gasteiger charge is -2.13. The van der Waals surface area contributed by atoms with Gasteiger partial charge in [-0.25, -0.2) is 8.78 Å². The van der Waals surface area contributed by atoms with Gasteiger partial charge in [-0.3, -0.25) is 0 Å². The minimum atomic E-state index is -2.45. The maximum Gasteiger partial charge on any atom is 0.255 e.